The van der Waals surface area contributed by atoms with Crippen LogP contribution in [0.15, 0.2) is 24.3 Å². The van der Waals surface area contributed by atoms with Crippen LogP contribution in [0.25, 0.3) is 0 Å². The van der Waals surface area contributed by atoms with Crippen molar-refractivity contribution in [1.29, 1.82) is 0 Å². The van der Waals surface area contributed by atoms with Gasteiger partial charge in [-0.25, -0.2) is 0 Å². The second kappa shape index (κ2) is 34.1. The van der Waals surface area contributed by atoms with E-state index in [0.717, 1.165) is 32.1 Å². The van der Waals surface area contributed by atoms with E-state index < -0.39 is 36.9 Å². The van der Waals surface area contributed by atoms with Gasteiger partial charge in [-0.2, -0.15) is 0 Å². The van der Waals surface area contributed by atoms with E-state index in [2.05, 4.69) is 31.3 Å². The van der Waals surface area contributed by atoms with Gasteiger partial charge in [0.25, 0.3) is 0 Å². The Morgan fingerprint density at radius 2 is 1.00 bits per heavy atom. The Hall–Kier alpha value is -1.21. The van der Waals surface area contributed by atoms with Gasteiger partial charge in [0.1, 0.15) is 12.2 Å². The van der Waals surface area contributed by atoms with Crippen LogP contribution in [-0.2, 0) is 4.79 Å². The molecule has 0 aliphatic heterocycles. The molecule has 0 aromatic heterocycles. The Morgan fingerprint density at radius 3 is 1.47 bits per heavy atom. The predicted octanol–water partition coefficient (Wildman–Crippen LogP) is 9.23. The number of hydrogen-bond acceptors (Lipinski definition) is 5. The third-order valence-corrected chi connectivity index (χ3v) is 8.93. The lowest BCUT2D eigenvalue weighted by Gasteiger charge is -2.27. The highest BCUT2D eigenvalue weighted by atomic mass is 16.3. The van der Waals surface area contributed by atoms with Crippen molar-refractivity contribution in [3.8, 4) is 0 Å². The second-order valence-electron chi connectivity index (χ2n) is 13.3. The molecule has 4 atom stereocenters. The highest BCUT2D eigenvalue weighted by Crippen LogP contribution is 2.16. The van der Waals surface area contributed by atoms with Gasteiger partial charge in [-0.3, -0.25) is 4.79 Å². The van der Waals surface area contributed by atoms with E-state index in [4.69, 9.17) is 0 Å². The van der Waals surface area contributed by atoms with Crippen molar-refractivity contribution in [1.82, 2.24) is 5.32 Å². The third-order valence-electron chi connectivity index (χ3n) is 8.93. The monoisotopic (exact) mass is 638 g/mol. The molecule has 0 saturated carbocycles. The molecule has 0 radical (unpaired) electrons. The molecule has 0 saturated heterocycles. The maximum Gasteiger partial charge on any atom is 0.249 e. The van der Waals surface area contributed by atoms with E-state index in [-0.39, 0.29) is 6.42 Å². The van der Waals surface area contributed by atoms with Crippen LogP contribution < -0.4 is 5.32 Å². The summed E-state index contributed by atoms with van der Waals surface area (Å²) >= 11 is 0. The van der Waals surface area contributed by atoms with Crippen LogP contribution in [0.4, 0.5) is 0 Å². The molecule has 45 heavy (non-hydrogen) atoms. The number of rotatable bonds is 34. The summed E-state index contributed by atoms with van der Waals surface area (Å²) in [6.07, 6.45) is 36.5. The van der Waals surface area contributed by atoms with Gasteiger partial charge in [-0.15, -0.1) is 0 Å². The van der Waals surface area contributed by atoms with Gasteiger partial charge in [0.15, 0.2) is 0 Å². The summed E-state index contributed by atoms with van der Waals surface area (Å²) in [4.78, 5) is 12.4. The van der Waals surface area contributed by atoms with E-state index in [0.29, 0.717) is 6.42 Å². The fourth-order valence-corrected chi connectivity index (χ4v) is 5.80. The molecule has 0 aliphatic carbocycles. The molecule has 0 aromatic carbocycles. The lowest BCUT2D eigenvalue weighted by Crippen LogP contribution is -2.53. The lowest BCUT2D eigenvalue weighted by atomic mass is 9.99. The zero-order chi connectivity index (χ0) is 33.2. The molecule has 0 bridgehead atoms. The lowest BCUT2D eigenvalue weighted by molar-refractivity contribution is -0.132. The van der Waals surface area contributed by atoms with Gasteiger partial charge >= 0.3 is 0 Å². The summed E-state index contributed by atoms with van der Waals surface area (Å²) in [5, 5.41) is 43.3. The maximum absolute atomic E-state index is 12.4. The molecule has 1 amide bonds. The summed E-state index contributed by atoms with van der Waals surface area (Å²) in [5.74, 6) is -0.652. The first-order chi connectivity index (χ1) is 22.0. The Bertz CT molecular complexity index is 682. The smallest absolute Gasteiger partial charge is 0.249 e. The van der Waals surface area contributed by atoms with Crippen LogP contribution in [0.5, 0.6) is 0 Å². The fraction of sp³-hybridized carbons (Fsp3) is 0.872. The highest BCUT2D eigenvalue weighted by molar-refractivity contribution is 5.81. The van der Waals surface area contributed by atoms with Crippen molar-refractivity contribution in [2.75, 3.05) is 6.61 Å². The Labute approximate surface area is 278 Å². The molecule has 0 spiro atoms. The topological polar surface area (TPSA) is 110 Å². The molecule has 0 aromatic rings. The van der Waals surface area contributed by atoms with Crippen LogP contribution in [0.2, 0.25) is 0 Å². The molecular formula is C39H75NO5. The maximum atomic E-state index is 12.4. The normalized spacial score (nSPS) is 14.7. The molecule has 0 heterocycles. The largest absolute Gasteiger partial charge is 0.394 e. The predicted molar refractivity (Wildman–Crippen MR) is 191 cm³/mol. The van der Waals surface area contributed by atoms with Crippen molar-refractivity contribution in [3.05, 3.63) is 24.3 Å². The first-order valence-corrected chi connectivity index (χ1v) is 19.2. The van der Waals surface area contributed by atoms with Gasteiger partial charge in [-0.1, -0.05) is 179 Å². The van der Waals surface area contributed by atoms with Crippen LogP contribution in [0.1, 0.15) is 187 Å². The van der Waals surface area contributed by atoms with Crippen LogP contribution in [0, 0.1) is 0 Å². The molecule has 0 rings (SSSR count). The average molecular weight is 638 g/mol. The average Bonchev–Trinajstić information content (AvgIpc) is 3.04. The van der Waals surface area contributed by atoms with E-state index in [9.17, 15) is 25.2 Å². The number of aliphatic hydroxyl groups excluding tert-OH is 4. The van der Waals surface area contributed by atoms with Crippen molar-refractivity contribution >= 4 is 5.91 Å². The number of nitrogens with one attached hydrogen (secondary N) is 1. The summed E-state index contributed by atoms with van der Waals surface area (Å²) in [5.41, 5.74) is 0. The van der Waals surface area contributed by atoms with E-state index in [1.807, 2.05) is 6.08 Å². The first-order valence-electron chi connectivity index (χ1n) is 19.2. The Kier molecular flexibility index (Phi) is 33.2. The molecule has 5 N–H and O–H groups in total. The minimum atomic E-state index is -1.28. The highest BCUT2D eigenvalue weighted by Gasteiger charge is 2.28. The van der Waals surface area contributed by atoms with Crippen LogP contribution >= 0.6 is 0 Å². The summed E-state index contributed by atoms with van der Waals surface area (Å²) in [7, 11) is 0. The minimum absolute atomic E-state index is 0.160. The zero-order valence-corrected chi connectivity index (χ0v) is 29.6. The van der Waals surface area contributed by atoms with Gasteiger partial charge in [0.2, 0.25) is 5.91 Å². The molecular weight excluding hydrogens is 562 g/mol. The van der Waals surface area contributed by atoms with Crippen molar-refractivity contribution < 1.29 is 25.2 Å². The van der Waals surface area contributed by atoms with Gasteiger partial charge in [-0.05, 0) is 25.7 Å². The van der Waals surface area contributed by atoms with Crippen LogP contribution in [-0.4, -0.2) is 57.3 Å². The van der Waals surface area contributed by atoms with E-state index >= 15 is 0 Å². The summed E-state index contributed by atoms with van der Waals surface area (Å²) in [6.45, 7) is 3.99. The molecule has 6 nitrogen and oxygen atoms in total. The molecule has 6 heteroatoms. The second-order valence-corrected chi connectivity index (χ2v) is 13.3. The SMILES string of the molecule is CCCCCCCC/C=C\C/C=C\CC(O)C(=O)NC(CO)C(O)C(O)CCCCCCCCCCCCCCCCCCC. The molecule has 0 fully saturated rings. The summed E-state index contributed by atoms with van der Waals surface area (Å²) < 4.78 is 0. The molecule has 4 unspecified atom stereocenters. The number of amides is 1. The number of allylic oxidation sites excluding steroid dienone is 3. The minimum Gasteiger partial charge on any atom is -0.394 e. The first kappa shape index (κ1) is 43.8. The number of hydrogen-bond donors (Lipinski definition) is 5. The van der Waals surface area contributed by atoms with E-state index in [1.54, 1.807) is 6.08 Å². The summed E-state index contributed by atoms with van der Waals surface area (Å²) in [6, 6.07) is -1.01. The Balaban J connectivity index is 3.85. The number of carbonyl (C=O) groups is 1. The van der Waals surface area contributed by atoms with Gasteiger partial charge in [0.05, 0.1) is 18.8 Å². The van der Waals surface area contributed by atoms with Crippen molar-refractivity contribution in [2.24, 2.45) is 0 Å². The molecule has 266 valence electrons. The number of aliphatic hydroxyl groups is 4. The fourth-order valence-electron chi connectivity index (χ4n) is 5.80. The standard InChI is InChI=1S/C39H75NO5/c1-3-5-7-9-11-13-15-17-18-19-20-21-23-24-26-28-30-32-36(42)38(44)35(34-41)40-39(45)37(43)33-31-29-27-25-22-16-14-12-10-8-6-4-2/h22,25,29,31,35-38,41-44H,3-21,23-24,26-28,30,32-34H2,1-2H3,(H,40,45)/b25-22-,31-29-. The molecule has 0 aliphatic rings. The van der Waals surface area contributed by atoms with Crippen molar-refractivity contribution in [3.63, 3.8) is 0 Å². The Morgan fingerprint density at radius 1 is 0.578 bits per heavy atom. The number of carbonyl (C=O) groups excluding carboxylic acids is 1. The quantitative estimate of drug-likeness (QED) is 0.0357. The van der Waals surface area contributed by atoms with Gasteiger partial charge in [0, 0.05) is 6.42 Å². The van der Waals surface area contributed by atoms with Crippen LogP contribution in [0.3, 0.4) is 0 Å². The van der Waals surface area contributed by atoms with E-state index in [1.165, 1.54) is 128 Å². The zero-order valence-electron chi connectivity index (χ0n) is 29.6. The third kappa shape index (κ3) is 28.7. The number of unbranched alkanes of at least 4 members (excludes halogenated alkanes) is 22. The van der Waals surface area contributed by atoms with Gasteiger partial charge < -0.3 is 25.7 Å². The van der Waals surface area contributed by atoms with Crippen molar-refractivity contribution in [2.45, 2.75) is 212 Å².